The molecular formula is C16H32IN3O. The van der Waals surface area contributed by atoms with Crippen LogP contribution in [0.25, 0.3) is 0 Å². The number of ether oxygens (including phenoxy) is 1. The Morgan fingerprint density at radius 1 is 1.24 bits per heavy atom. The molecule has 2 aliphatic carbocycles. The van der Waals surface area contributed by atoms with Crippen molar-refractivity contribution in [2.24, 2.45) is 16.3 Å². The van der Waals surface area contributed by atoms with E-state index in [0.717, 1.165) is 44.5 Å². The summed E-state index contributed by atoms with van der Waals surface area (Å²) in [5.41, 5.74) is 0.387. The largest absolute Gasteiger partial charge is 0.385 e. The third kappa shape index (κ3) is 6.72. The maximum Gasteiger partial charge on any atom is 0.191 e. The van der Waals surface area contributed by atoms with Crippen molar-refractivity contribution in [2.75, 3.05) is 33.4 Å². The van der Waals surface area contributed by atoms with Crippen molar-refractivity contribution in [2.45, 2.75) is 51.9 Å². The van der Waals surface area contributed by atoms with E-state index < -0.39 is 0 Å². The van der Waals surface area contributed by atoms with Gasteiger partial charge in [0.1, 0.15) is 0 Å². The van der Waals surface area contributed by atoms with Gasteiger partial charge in [0.05, 0.1) is 0 Å². The van der Waals surface area contributed by atoms with Gasteiger partial charge in [0, 0.05) is 33.4 Å². The second kappa shape index (κ2) is 9.87. The van der Waals surface area contributed by atoms with Crippen LogP contribution in [0.4, 0.5) is 0 Å². The predicted molar refractivity (Wildman–Crippen MR) is 99.5 cm³/mol. The third-order valence-electron chi connectivity index (χ3n) is 4.67. The molecule has 0 aliphatic heterocycles. The second-order valence-corrected chi connectivity index (χ2v) is 6.47. The Hall–Kier alpha value is -0.0400. The lowest BCUT2D eigenvalue weighted by Crippen LogP contribution is -2.39. The lowest BCUT2D eigenvalue weighted by molar-refractivity contribution is 0.141. The van der Waals surface area contributed by atoms with Crippen LogP contribution in [0.3, 0.4) is 0 Å². The molecule has 4 nitrogen and oxygen atoms in total. The van der Waals surface area contributed by atoms with E-state index in [1.165, 1.54) is 38.5 Å². The number of aliphatic imine (C=N–C) groups is 1. The van der Waals surface area contributed by atoms with Gasteiger partial charge in [-0.1, -0.05) is 12.8 Å². The maximum absolute atomic E-state index is 5.29. The topological polar surface area (TPSA) is 45.7 Å². The quantitative estimate of drug-likeness (QED) is 0.368. The Kier molecular flexibility index (Phi) is 8.94. The van der Waals surface area contributed by atoms with Gasteiger partial charge in [0.2, 0.25) is 0 Å². The zero-order valence-corrected chi connectivity index (χ0v) is 15.9. The van der Waals surface area contributed by atoms with Gasteiger partial charge >= 0.3 is 0 Å². The Balaban J connectivity index is 0.00000220. The van der Waals surface area contributed by atoms with E-state index in [1.54, 1.807) is 7.11 Å². The van der Waals surface area contributed by atoms with E-state index >= 15 is 0 Å². The minimum absolute atomic E-state index is 0. The summed E-state index contributed by atoms with van der Waals surface area (Å²) in [6.07, 6.45) is 9.23. The monoisotopic (exact) mass is 409 g/mol. The van der Waals surface area contributed by atoms with Crippen molar-refractivity contribution < 1.29 is 4.74 Å². The van der Waals surface area contributed by atoms with Crippen LogP contribution in [0.5, 0.6) is 0 Å². The van der Waals surface area contributed by atoms with Crippen LogP contribution in [0, 0.1) is 11.3 Å². The van der Waals surface area contributed by atoms with Crippen LogP contribution in [0.2, 0.25) is 0 Å². The molecule has 2 rings (SSSR count). The van der Waals surface area contributed by atoms with Crippen LogP contribution in [0.1, 0.15) is 51.9 Å². The third-order valence-corrected chi connectivity index (χ3v) is 4.67. The molecule has 2 fully saturated rings. The van der Waals surface area contributed by atoms with Gasteiger partial charge in [-0.05, 0) is 50.4 Å². The average molecular weight is 409 g/mol. The summed E-state index contributed by atoms with van der Waals surface area (Å²) >= 11 is 0. The molecule has 0 aromatic carbocycles. The fourth-order valence-corrected chi connectivity index (χ4v) is 3.08. The molecule has 0 bridgehead atoms. The van der Waals surface area contributed by atoms with Crippen molar-refractivity contribution >= 4 is 29.9 Å². The molecule has 0 aromatic heterocycles. The number of halogens is 1. The number of guanidine groups is 1. The van der Waals surface area contributed by atoms with Crippen molar-refractivity contribution in [3.63, 3.8) is 0 Å². The Morgan fingerprint density at radius 3 is 2.52 bits per heavy atom. The van der Waals surface area contributed by atoms with Crippen LogP contribution in [0.15, 0.2) is 4.99 Å². The van der Waals surface area contributed by atoms with Crippen molar-refractivity contribution in [1.82, 2.24) is 10.6 Å². The molecule has 21 heavy (non-hydrogen) atoms. The van der Waals surface area contributed by atoms with E-state index in [2.05, 4.69) is 17.6 Å². The summed E-state index contributed by atoms with van der Waals surface area (Å²) in [5, 5.41) is 6.86. The second-order valence-electron chi connectivity index (χ2n) is 6.47. The van der Waals surface area contributed by atoms with Gasteiger partial charge in [-0.3, -0.25) is 4.99 Å². The van der Waals surface area contributed by atoms with E-state index in [1.807, 2.05) is 0 Å². The number of rotatable bonds is 8. The number of hydrogen-bond acceptors (Lipinski definition) is 2. The SMILES string of the molecule is CCNC(=NCC1(CCOC)CCCC1)NCC1CC1.I. The first-order valence-corrected chi connectivity index (χ1v) is 8.29. The number of methoxy groups -OCH3 is 1. The molecule has 0 amide bonds. The summed E-state index contributed by atoms with van der Waals surface area (Å²) in [6.45, 7) is 5.95. The van der Waals surface area contributed by atoms with Gasteiger partial charge in [-0.15, -0.1) is 24.0 Å². The van der Waals surface area contributed by atoms with E-state index in [9.17, 15) is 0 Å². The Bertz CT molecular complexity index is 313. The summed E-state index contributed by atoms with van der Waals surface area (Å²) in [7, 11) is 1.80. The lowest BCUT2D eigenvalue weighted by Gasteiger charge is -2.27. The van der Waals surface area contributed by atoms with E-state index in [-0.39, 0.29) is 24.0 Å². The lowest BCUT2D eigenvalue weighted by atomic mass is 9.83. The highest BCUT2D eigenvalue weighted by Gasteiger charge is 2.33. The first kappa shape index (κ1) is 19.0. The summed E-state index contributed by atoms with van der Waals surface area (Å²) in [4.78, 5) is 4.86. The molecule has 0 unspecified atom stereocenters. The van der Waals surface area contributed by atoms with Crippen LogP contribution < -0.4 is 10.6 Å². The van der Waals surface area contributed by atoms with E-state index in [4.69, 9.17) is 9.73 Å². The molecule has 0 aromatic rings. The Morgan fingerprint density at radius 2 is 1.95 bits per heavy atom. The van der Waals surface area contributed by atoms with Crippen molar-refractivity contribution in [3.8, 4) is 0 Å². The van der Waals surface area contributed by atoms with Gasteiger partial charge in [-0.25, -0.2) is 0 Å². The normalized spacial score (nSPS) is 21.0. The predicted octanol–water partition coefficient (Wildman–Crippen LogP) is 3.17. The van der Waals surface area contributed by atoms with Gasteiger partial charge < -0.3 is 15.4 Å². The first-order valence-electron chi connectivity index (χ1n) is 8.29. The molecule has 0 atom stereocenters. The van der Waals surface area contributed by atoms with Crippen molar-refractivity contribution in [3.05, 3.63) is 0 Å². The molecule has 2 saturated carbocycles. The van der Waals surface area contributed by atoms with Crippen LogP contribution in [-0.4, -0.2) is 39.3 Å². The fraction of sp³-hybridized carbons (Fsp3) is 0.938. The molecule has 5 heteroatoms. The minimum atomic E-state index is 0. The van der Waals surface area contributed by atoms with Crippen LogP contribution >= 0.6 is 24.0 Å². The molecule has 2 aliphatic rings. The standard InChI is InChI=1S/C16H31N3O.HI/c1-3-17-15(18-12-14-6-7-14)19-13-16(10-11-20-2)8-4-5-9-16;/h14H,3-13H2,1-2H3,(H2,17,18,19);1H. The molecule has 0 saturated heterocycles. The van der Waals surface area contributed by atoms with Crippen molar-refractivity contribution in [1.29, 1.82) is 0 Å². The zero-order valence-electron chi connectivity index (χ0n) is 13.6. The summed E-state index contributed by atoms with van der Waals surface area (Å²) < 4.78 is 5.29. The highest BCUT2D eigenvalue weighted by Crippen LogP contribution is 2.41. The van der Waals surface area contributed by atoms with Gasteiger partial charge in [0.25, 0.3) is 0 Å². The highest BCUT2D eigenvalue weighted by atomic mass is 127. The van der Waals surface area contributed by atoms with Gasteiger partial charge in [0.15, 0.2) is 5.96 Å². The Labute approximate surface area is 146 Å². The van der Waals surface area contributed by atoms with Crippen LogP contribution in [-0.2, 0) is 4.74 Å². The first-order chi connectivity index (χ1) is 9.78. The minimum Gasteiger partial charge on any atom is -0.385 e. The zero-order chi connectivity index (χ0) is 14.3. The fourth-order valence-electron chi connectivity index (χ4n) is 3.08. The average Bonchev–Trinajstić information content (AvgIpc) is 3.18. The number of nitrogens with one attached hydrogen (secondary N) is 2. The van der Waals surface area contributed by atoms with E-state index in [0.29, 0.717) is 5.41 Å². The molecule has 0 spiro atoms. The number of nitrogens with zero attached hydrogens (tertiary/aromatic N) is 1. The summed E-state index contributed by atoms with van der Waals surface area (Å²) in [6, 6.07) is 0. The molecule has 0 heterocycles. The highest BCUT2D eigenvalue weighted by molar-refractivity contribution is 14.0. The van der Waals surface area contributed by atoms with Gasteiger partial charge in [-0.2, -0.15) is 0 Å². The number of hydrogen-bond donors (Lipinski definition) is 2. The smallest absolute Gasteiger partial charge is 0.191 e. The summed E-state index contributed by atoms with van der Waals surface area (Å²) in [5.74, 6) is 1.89. The molecule has 2 N–H and O–H groups in total. The molecule has 0 radical (unpaired) electrons. The molecular weight excluding hydrogens is 377 g/mol. The molecule has 124 valence electrons. The maximum atomic E-state index is 5.29.